The molecule has 0 heterocycles. The van der Waals surface area contributed by atoms with Crippen molar-refractivity contribution in [1.29, 1.82) is 0 Å². The average molecular weight is 325 g/mol. The first kappa shape index (κ1) is 16.1. The summed E-state index contributed by atoms with van der Waals surface area (Å²) in [7, 11) is 3.00. The number of hydrogen-bond acceptors (Lipinski definition) is 4. The normalized spacial score (nSPS) is 10.2. The highest BCUT2D eigenvalue weighted by molar-refractivity contribution is 6.32. The summed E-state index contributed by atoms with van der Waals surface area (Å²) in [6.07, 6.45) is 0. The summed E-state index contributed by atoms with van der Waals surface area (Å²) in [4.78, 5) is 12.1. The number of methoxy groups -OCH3 is 2. The minimum absolute atomic E-state index is 0.111. The van der Waals surface area contributed by atoms with Crippen molar-refractivity contribution in [1.82, 2.24) is 0 Å². The van der Waals surface area contributed by atoms with Crippen LogP contribution in [-0.4, -0.2) is 26.6 Å². The predicted molar refractivity (Wildman–Crippen MR) is 80.8 cm³/mol. The van der Waals surface area contributed by atoms with Gasteiger partial charge in [-0.05, 0) is 36.4 Å². The number of ketones is 1. The number of carbonyl (C=O) groups is 1. The quantitative estimate of drug-likeness (QED) is 0.759. The standard InChI is InChI=1S/C16H14ClFO4/c1-20-15-5-3-10(7-16(15)21-2)13(19)9-22-14-6-4-11(18)8-12(14)17/h3-8H,9H2,1-2H3. The van der Waals surface area contributed by atoms with E-state index in [1.807, 2.05) is 0 Å². The van der Waals surface area contributed by atoms with Gasteiger partial charge >= 0.3 is 0 Å². The molecule has 0 atom stereocenters. The summed E-state index contributed by atoms with van der Waals surface area (Å²) in [6, 6.07) is 8.52. The van der Waals surface area contributed by atoms with E-state index in [4.69, 9.17) is 25.8 Å². The zero-order valence-electron chi connectivity index (χ0n) is 12.1. The molecule has 0 fully saturated rings. The van der Waals surface area contributed by atoms with Crippen LogP contribution in [0.5, 0.6) is 17.2 Å². The minimum atomic E-state index is -0.469. The van der Waals surface area contributed by atoms with Gasteiger partial charge < -0.3 is 14.2 Å². The van der Waals surface area contributed by atoms with E-state index in [0.29, 0.717) is 17.1 Å². The lowest BCUT2D eigenvalue weighted by Crippen LogP contribution is -2.12. The number of Topliss-reactive ketones (excluding diaryl/α,β-unsaturated/α-hetero) is 1. The van der Waals surface area contributed by atoms with Crippen molar-refractivity contribution in [2.75, 3.05) is 20.8 Å². The smallest absolute Gasteiger partial charge is 0.200 e. The lowest BCUT2D eigenvalue weighted by atomic mass is 10.1. The number of benzene rings is 2. The number of ether oxygens (including phenoxy) is 3. The fourth-order valence-electron chi connectivity index (χ4n) is 1.83. The van der Waals surface area contributed by atoms with E-state index in [0.717, 1.165) is 6.07 Å². The molecule has 116 valence electrons. The van der Waals surface area contributed by atoms with E-state index in [9.17, 15) is 9.18 Å². The molecule has 0 aromatic heterocycles. The number of hydrogen-bond donors (Lipinski definition) is 0. The molecule has 0 aliphatic carbocycles. The third kappa shape index (κ3) is 3.68. The predicted octanol–water partition coefficient (Wildman–Crippen LogP) is 3.76. The third-order valence-electron chi connectivity index (χ3n) is 2.96. The van der Waals surface area contributed by atoms with E-state index >= 15 is 0 Å². The molecule has 4 nitrogen and oxygen atoms in total. The van der Waals surface area contributed by atoms with Crippen LogP contribution >= 0.6 is 11.6 Å². The molecule has 0 saturated heterocycles. The highest BCUT2D eigenvalue weighted by Gasteiger charge is 2.12. The Bertz CT molecular complexity index is 688. The van der Waals surface area contributed by atoms with Crippen LogP contribution in [-0.2, 0) is 0 Å². The highest BCUT2D eigenvalue weighted by atomic mass is 35.5. The maximum atomic E-state index is 12.9. The molecule has 6 heteroatoms. The molecule has 0 radical (unpaired) electrons. The fourth-order valence-corrected chi connectivity index (χ4v) is 2.05. The minimum Gasteiger partial charge on any atom is -0.493 e. The molecule has 0 aliphatic rings. The Balaban J connectivity index is 2.09. The first-order valence-electron chi connectivity index (χ1n) is 6.38. The van der Waals surface area contributed by atoms with Gasteiger partial charge in [-0.1, -0.05) is 11.6 Å². The van der Waals surface area contributed by atoms with E-state index in [1.54, 1.807) is 18.2 Å². The van der Waals surface area contributed by atoms with Crippen LogP contribution < -0.4 is 14.2 Å². The fraction of sp³-hybridized carbons (Fsp3) is 0.188. The molecule has 0 spiro atoms. The van der Waals surface area contributed by atoms with E-state index in [-0.39, 0.29) is 23.2 Å². The van der Waals surface area contributed by atoms with Crippen LogP contribution in [0.3, 0.4) is 0 Å². The molecule has 2 aromatic carbocycles. The van der Waals surface area contributed by atoms with E-state index in [2.05, 4.69) is 0 Å². The molecule has 2 aromatic rings. The van der Waals surface area contributed by atoms with Gasteiger partial charge in [-0.25, -0.2) is 4.39 Å². The second-order valence-corrected chi connectivity index (χ2v) is 4.76. The Labute approximate surface area is 132 Å². The molecular weight excluding hydrogens is 311 g/mol. The Morgan fingerprint density at radius 1 is 1.05 bits per heavy atom. The van der Waals surface area contributed by atoms with Crippen molar-refractivity contribution in [2.45, 2.75) is 0 Å². The zero-order valence-corrected chi connectivity index (χ0v) is 12.8. The van der Waals surface area contributed by atoms with Crippen LogP contribution in [0.4, 0.5) is 4.39 Å². The van der Waals surface area contributed by atoms with Crippen molar-refractivity contribution in [3.63, 3.8) is 0 Å². The van der Waals surface area contributed by atoms with Crippen LogP contribution in [0.1, 0.15) is 10.4 Å². The van der Waals surface area contributed by atoms with Gasteiger partial charge in [0.05, 0.1) is 19.2 Å². The van der Waals surface area contributed by atoms with Crippen LogP contribution in [0, 0.1) is 5.82 Å². The SMILES string of the molecule is COc1ccc(C(=O)COc2ccc(F)cc2Cl)cc1OC. The van der Waals surface area contributed by atoms with Crippen LogP contribution in [0.2, 0.25) is 5.02 Å². The summed E-state index contributed by atoms with van der Waals surface area (Å²) in [5.41, 5.74) is 0.413. The largest absolute Gasteiger partial charge is 0.493 e. The molecule has 22 heavy (non-hydrogen) atoms. The summed E-state index contributed by atoms with van der Waals surface area (Å²) in [5.74, 6) is 0.497. The first-order chi connectivity index (χ1) is 10.5. The Morgan fingerprint density at radius 3 is 2.36 bits per heavy atom. The van der Waals surface area contributed by atoms with Crippen molar-refractivity contribution in [2.24, 2.45) is 0 Å². The molecule has 0 unspecified atom stereocenters. The maximum Gasteiger partial charge on any atom is 0.200 e. The number of rotatable bonds is 6. The average Bonchev–Trinajstić information content (AvgIpc) is 2.53. The summed E-state index contributed by atoms with van der Waals surface area (Å²) >= 11 is 5.83. The number of carbonyl (C=O) groups excluding carboxylic acids is 1. The van der Waals surface area contributed by atoms with Crippen LogP contribution in [0.15, 0.2) is 36.4 Å². The van der Waals surface area contributed by atoms with Gasteiger partial charge in [-0.2, -0.15) is 0 Å². The molecule has 0 amide bonds. The highest BCUT2D eigenvalue weighted by Crippen LogP contribution is 2.28. The van der Waals surface area contributed by atoms with Crippen molar-refractivity contribution < 1.29 is 23.4 Å². The van der Waals surface area contributed by atoms with Gasteiger partial charge in [0.25, 0.3) is 0 Å². The second kappa shape index (κ2) is 7.13. The third-order valence-corrected chi connectivity index (χ3v) is 3.25. The lowest BCUT2D eigenvalue weighted by Gasteiger charge is -2.10. The van der Waals surface area contributed by atoms with Gasteiger partial charge in [0, 0.05) is 5.56 Å². The molecule has 0 bridgehead atoms. The van der Waals surface area contributed by atoms with Crippen molar-refractivity contribution in [3.8, 4) is 17.2 Å². The van der Waals surface area contributed by atoms with Gasteiger partial charge in [0.1, 0.15) is 11.6 Å². The molecule has 2 rings (SSSR count). The molecule has 0 aliphatic heterocycles. The Morgan fingerprint density at radius 2 is 1.73 bits per heavy atom. The Kier molecular flexibility index (Phi) is 5.22. The summed E-state index contributed by atoms with van der Waals surface area (Å²) < 4.78 is 28.5. The lowest BCUT2D eigenvalue weighted by molar-refractivity contribution is 0.0921. The van der Waals surface area contributed by atoms with Gasteiger partial charge in [-0.3, -0.25) is 4.79 Å². The second-order valence-electron chi connectivity index (χ2n) is 4.36. The van der Waals surface area contributed by atoms with E-state index in [1.165, 1.54) is 26.4 Å². The van der Waals surface area contributed by atoms with Crippen molar-refractivity contribution in [3.05, 3.63) is 52.8 Å². The summed E-state index contributed by atoms with van der Waals surface area (Å²) in [5, 5.41) is 0.111. The van der Waals surface area contributed by atoms with Gasteiger partial charge in [-0.15, -0.1) is 0 Å². The first-order valence-corrected chi connectivity index (χ1v) is 6.76. The monoisotopic (exact) mass is 324 g/mol. The van der Waals surface area contributed by atoms with E-state index < -0.39 is 5.82 Å². The summed E-state index contributed by atoms with van der Waals surface area (Å²) in [6.45, 7) is -0.221. The molecule has 0 saturated carbocycles. The molecule has 0 N–H and O–H groups in total. The number of halogens is 2. The maximum absolute atomic E-state index is 12.9. The molecular formula is C16H14ClFO4. The van der Waals surface area contributed by atoms with Gasteiger partial charge in [0.15, 0.2) is 23.9 Å². The van der Waals surface area contributed by atoms with Crippen molar-refractivity contribution >= 4 is 17.4 Å². The topological polar surface area (TPSA) is 44.8 Å². The van der Waals surface area contributed by atoms with Gasteiger partial charge in [0.2, 0.25) is 0 Å². The van der Waals surface area contributed by atoms with Crippen LogP contribution in [0.25, 0.3) is 0 Å². The zero-order chi connectivity index (χ0) is 16.1. The Hall–Kier alpha value is -2.27.